The average molecular weight is 580 g/mol. The SMILES string of the molecule is C[Si](C)(Cl)N1[Si](C)(C)N([Si](Cl)(c2ccccc2)c2ccccc2)[Si]1(c1ccccc1)c1ccccc1. The third kappa shape index (κ3) is 3.87. The Morgan fingerprint density at radius 1 is 0.528 bits per heavy atom. The van der Waals surface area contributed by atoms with Crippen LogP contribution >= 0.6 is 22.2 Å². The van der Waals surface area contributed by atoms with Gasteiger partial charge in [-0.3, -0.25) is 0 Å². The van der Waals surface area contributed by atoms with Crippen LogP contribution in [0.2, 0.25) is 26.2 Å². The first-order chi connectivity index (χ1) is 17.2. The van der Waals surface area contributed by atoms with Gasteiger partial charge in [-0.1, -0.05) is 121 Å². The number of halogens is 2. The lowest BCUT2D eigenvalue weighted by molar-refractivity contribution is 0.654. The second-order valence-corrected chi connectivity index (χ2v) is 30.8. The molecule has 0 spiro atoms. The van der Waals surface area contributed by atoms with Crippen LogP contribution in [0.3, 0.4) is 0 Å². The first-order valence-corrected chi connectivity index (χ1v) is 24.1. The number of hydrogen-bond donors (Lipinski definition) is 0. The van der Waals surface area contributed by atoms with Gasteiger partial charge in [0.1, 0.15) is 0 Å². The molecule has 0 bridgehead atoms. The Labute approximate surface area is 229 Å². The fraction of sp³-hybridized carbons (Fsp3) is 0.143. The van der Waals surface area contributed by atoms with Crippen LogP contribution in [-0.4, -0.2) is 39.7 Å². The summed E-state index contributed by atoms with van der Waals surface area (Å²) >= 11 is 15.7. The van der Waals surface area contributed by atoms with Crippen LogP contribution in [0.4, 0.5) is 0 Å². The molecule has 1 aliphatic heterocycles. The molecular formula is C28H32Cl2N2Si4. The quantitative estimate of drug-likeness (QED) is 0.234. The highest BCUT2D eigenvalue weighted by Crippen LogP contribution is 2.47. The van der Waals surface area contributed by atoms with Gasteiger partial charge >= 0.3 is 0 Å². The average Bonchev–Trinajstić information content (AvgIpc) is 2.88. The molecule has 1 fully saturated rings. The lowest BCUT2D eigenvalue weighted by Gasteiger charge is -2.75. The van der Waals surface area contributed by atoms with Gasteiger partial charge in [0, 0.05) is 0 Å². The van der Waals surface area contributed by atoms with Crippen LogP contribution in [0.5, 0.6) is 0 Å². The molecule has 4 aromatic rings. The van der Waals surface area contributed by atoms with Gasteiger partial charge in [-0.05, 0) is 46.9 Å². The van der Waals surface area contributed by atoms with E-state index in [1.54, 1.807) is 0 Å². The van der Waals surface area contributed by atoms with Gasteiger partial charge in [0.25, 0.3) is 15.9 Å². The van der Waals surface area contributed by atoms with Gasteiger partial charge in [-0.2, -0.15) is 0 Å². The standard InChI is InChI=1S/C28H32Cl2N2Si4/c1-33(2,29)31-34(3,4)32(35(30,25-17-9-5-10-18-25)26-19-11-6-12-20-26)36(31,27-21-13-7-14-22-27)28-23-15-8-16-24-28/h5-24H,1-4H3. The van der Waals surface area contributed by atoms with Crippen LogP contribution < -0.4 is 20.7 Å². The number of benzene rings is 4. The van der Waals surface area contributed by atoms with Crippen molar-refractivity contribution in [3.05, 3.63) is 121 Å². The largest absolute Gasteiger partial charge is 0.326 e. The number of rotatable bonds is 6. The first kappa shape index (κ1) is 25.9. The van der Waals surface area contributed by atoms with Gasteiger partial charge in [0.15, 0.2) is 8.40 Å². The van der Waals surface area contributed by atoms with Crippen molar-refractivity contribution in [2.75, 3.05) is 0 Å². The third-order valence-corrected chi connectivity index (χ3v) is 36.7. The molecule has 1 aliphatic rings. The second-order valence-electron chi connectivity index (χ2n) is 10.3. The van der Waals surface area contributed by atoms with E-state index in [-0.39, 0.29) is 0 Å². The highest BCUT2D eigenvalue weighted by atomic mass is 35.6. The fourth-order valence-electron chi connectivity index (χ4n) is 6.35. The Morgan fingerprint density at radius 2 is 0.861 bits per heavy atom. The molecule has 1 heterocycles. The van der Waals surface area contributed by atoms with Crippen molar-refractivity contribution in [2.45, 2.75) is 26.2 Å². The first-order valence-electron chi connectivity index (χ1n) is 12.4. The maximum Gasteiger partial charge on any atom is 0.281 e. The lowest BCUT2D eigenvalue weighted by atomic mass is 10.4. The molecule has 184 valence electrons. The number of nitrogens with zero attached hydrogens (tertiary/aromatic N) is 2. The van der Waals surface area contributed by atoms with Gasteiger partial charge in [0.2, 0.25) is 7.55 Å². The van der Waals surface area contributed by atoms with Crippen molar-refractivity contribution in [1.29, 1.82) is 0 Å². The molecular weight excluding hydrogens is 548 g/mol. The molecule has 0 radical (unpaired) electrons. The van der Waals surface area contributed by atoms with E-state index in [1.807, 2.05) is 0 Å². The molecule has 0 N–H and O–H groups in total. The van der Waals surface area contributed by atoms with Crippen LogP contribution in [0.25, 0.3) is 0 Å². The molecule has 2 nitrogen and oxygen atoms in total. The smallest absolute Gasteiger partial charge is 0.281 e. The minimum Gasteiger partial charge on any atom is -0.326 e. The van der Waals surface area contributed by atoms with Crippen LogP contribution in [0, 0.1) is 0 Å². The molecule has 0 aromatic heterocycles. The summed E-state index contributed by atoms with van der Waals surface area (Å²) in [6, 6.07) is 43.7. The van der Waals surface area contributed by atoms with E-state index in [2.05, 4.69) is 155 Å². The number of hydrogen-bond acceptors (Lipinski definition) is 2. The zero-order valence-corrected chi connectivity index (χ0v) is 26.7. The molecule has 1 saturated heterocycles. The minimum atomic E-state index is -2.92. The minimum absolute atomic E-state index is 1.23. The predicted octanol–water partition coefficient (Wildman–Crippen LogP) is 5.00. The summed E-state index contributed by atoms with van der Waals surface area (Å²) in [7, 11) is -10.2. The highest BCUT2D eigenvalue weighted by molar-refractivity contribution is 7.45. The molecule has 8 heteroatoms. The zero-order chi connectivity index (χ0) is 25.6. The molecule has 0 atom stereocenters. The summed E-state index contributed by atoms with van der Waals surface area (Å²) in [6.45, 7) is 9.49. The van der Waals surface area contributed by atoms with Crippen molar-refractivity contribution in [3.63, 3.8) is 0 Å². The van der Waals surface area contributed by atoms with Crippen molar-refractivity contribution >= 4 is 74.8 Å². The van der Waals surface area contributed by atoms with Crippen molar-refractivity contribution < 1.29 is 0 Å². The van der Waals surface area contributed by atoms with Gasteiger partial charge in [-0.15, -0.1) is 22.2 Å². The van der Waals surface area contributed by atoms with E-state index in [4.69, 9.17) is 22.2 Å². The van der Waals surface area contributed by atoms with E-state index in [9.17, 15) is 0 Å². The zero-order valence-electron chi connectivity index (χ0n) is 21.2. The monoisotopic (exact) mass is 578 g/mol. The predicted molar refractivity (Wildman–Crippen MR) is 166 cm³/mol. The summed E-state index contributed by atoms with van der Waals surface area (Å²) < 4.78 is 5.73. The molecule has 0 amide bonds. The normalized spacial score (nSPS) is 17.9. The Kier molecular flexibility index (Phi) is 6.85. The summed E-state index contributed by atoms with van der Waals surface area (Å²) in [4.78, 5) is 0. The van der Waals surface area contributed by atoms with E-state index in [0.717, 1.165) is 0 Å². The van der Waals surface area contributed by atoms with Gasteiger partial charge in [-0.25, -0.2) is 0 Å². The van der Waals surface area contributed by atoms with Crippen molar-refractivity contribution in [2.24, 2.45) is 0 Å². The summed E-state index contributed by atoms with van der Waals surface area (Å²) in [5.41, 5.74) is 0. The molecule has 4 aromatic carbocycles. The Hall–Kier alpha value is -1.75. The molecule has 0 saturated carbocycles. The summed E-state index contributed by atoms with van der Waals surface area (Å²) in [5, 5.41) is 5.18. The maximum absolute atomic E-state index is 8.26. The van der Waals surface area contributed by atoms with E-state index >= 15 is 0 Å². The third-order valence-electron chi connectivity index (χ3n) is 7.25. The van der Waals surface area contributed by atoms with Crippen LogP contribution in [0.15, 0.2) is 121 Å². The Bertz CT molecular complexity index is 1240. The fourth-order valence-corrected chi connectivity index (χ4v) is 45.8. The Balaban J connectivity index is 1.92. The maximum atomic E-state index is 8.26. The highest BCUT2D eigenvalue weighted by Gasteiger charge is 2.76. The molecule has 0 unspecified atom stereocenters. The molecule has 5 rings (SSSR count). The van der Waals surface area contributed by atoms with Crippen molar-refractivity contribution in [1.82, 2.24) is 7.79 Å². The summed E-state index contributed by atoms with van der Waals surface area (Å²) in [5.74, 6) is 0. The van der Waals surface area contributed by atoms with E-state index in [1.165, 1.54) is 20.7 Å². The van der Waals surface area contributed by atoms with Crippen LogP contribution in [-0.2, 0) is 0 Å². The summed E-state index contributed by atoms with van der Waals surface area (Å²) in [6.07, 6.45) is 0. The van der Waals surface area contributed by atoms with E-state index < -0.39 is 31.9 Å². The van der Waals surface area contributed by atoms with Crippen molar-refractivity contribution in [3.8, 4) is 0 Å². The lowest BCUT2D eigenvalue weighted by Crippen LogP contribution is -3.06. The second kappa shape index (κ2) is 9.53. The van der Waals surface area contributed by atoms with Gasteiger partial charge < -0.3 is 7.79 Å². The molecule has 0 aliphatic carbocycles. The molecule has 36 heavy (non-hydrogen) atoms. The topological polar surface area (TPSA) is 6.48 Å². The Morgan fingerprint density at radius 3 is 1.19 bits per heavy atom. The van der Waals surface area contributed by atoms with Crippen LogP contribution in [0.1, 0.15) is 0 Å². The van der Waals surface area contributed by atoms with Gasteiger partial charge in [0.05, 0.1) is 0 Å². The van der Waals surface area contributed by atoms with E-state index in [0.29, 0.717) is 0 Å².